The normalized spacial score (nSPS) is 13.2. The number of hydrogen-bond acceptors (Lipinski definition) is 1. The zero-order chi connectivity index (χ0) is 21.3. The molecule has 4 aromatic carbocycles. The lowest BCUT2D eigenvalue weighted by Gasteiger charge is -2.28. The van der Waals surface area contributed by atoms with Crippen molar-refractivity contribution in [2.24, 2.45) is 5.41 Å². The first-order valence-electron chi connectivity index (χ1n) is 11.2. The fraction of sp³-hybridized carbons (Fsp3) is 0.233. The number of hydrogen-bond donors (Lipinski definition) is 0. The lowest BCUT2D eigenvalue weighted by atomic mass is 9.77. The molecule has 0 N–H and O–H groups in total. The highest BCUT2D eigenvalue weighted by molar-refractivity contribution is 6.14. The maximum Gasteiger partial charge on any atom is 0.0786 e. The predicted octanol–water partition coefficient (Wildman–Crippen LogP) is 8.01. The van der Waals surface area contributed by atoms with Crippen LogP contribution in [0.25, 0.3) is 43.6 Å². The first kappa shape index (κ1) is 18.6. The molecule has 0 radical (unpaired) electrons. The molecule has 0 atom stereocenters. The second-order valence-electron chi connectivity index (χ2n) is 10.4. The number of aryl methyl sites for hydroxylation is 1. The van der Waals surface area contributed by atoms with Gasteiger partial charge in [0.2, 0.25) is 0 Å². The number of aromatic nitrogens is 1. The van der Waals surface area contributed by atoms with E-state index in [9.17, 15) is 0 Å². The molecule has 0 saturated carbocycles. The molecule has 0 unspecified atom stereocenters. The fourth-order valence-electron chi connectivity index (χ4n) is 5.46. The summed E-state index contributed by atoms with van der Waals surface area (Å²) in [5, 5.41) is 8.04. The quantitative estimate of drug-likeness (QED) is 0.254. The number of benzene rings is 4. The van der Waals surface area contributed by atoms with Gasteiger partial charge in [-0.1, -0.05) is 74.9 Å². The van der Waals surface area contributed by atoms with Crippen LogP contribution >= 0.6 is 0 Å². The fourth-order valence-corrected chi connectivity index (χ4v) is 5.46. The molecule has 1 nitrogen and oxygen atoms in total. The lowest BCUT2D eigenvalue weighted by molar-refractivity contribution is 0.411. The van der Waals surface area contributed by atoms with Gasteiger partial charge in [-0.2, -0.15) is 0 Å². The molecule has 1 heterocycles. The summed E-state index contributed by atoms with van der Waals surface area (Å²) in [7, 11) is 0. The molecule has 0 amide bonds. The highest BCUT2D eigenvalue weighted by Gasteiger charge is 2.26. The van der Waals surface area contributed by atoms with Gasteiger partial charge >= 0.3 is 0 Å². The summed E-state index contributed by atoms with van der Waals surface area (Å²) in [6.07, 6.45) is 4.04. The molecule has 6 rings (SSSR count). The maximum atomic E-state index is 4.95. The largest absolute Gasteiger partial charge is 0.256 e. The van der Waals surface area contributed by atoms with Gasteiger partial charge in [-0.15, -0.1) is 0 Å². The van der Waals surface area contributed by atoms with E-state index < -0.39 is 0 Å². The molecule has 1 aromatic heterocycles. The molecule has 1 heteroatoms. The van der Waals surface area contributed by atoms with E-state index in [0.29, 0.717) is 0 Å². The summed E-state index contributed by atoms with van der Waals surface area (Å²) in [5.74, 6) is 0. The van der Waals surface area contributed by atoms with Crippen LogP contribution in [-0.4, -0.2) is 4.98 Å². The van der Waals surface area contributed by atoms with Gasteiger partial charge in [0.15, 0.2) is 0 Å². The van der Waals surface area contributed by atoms with Gasteiger partial charge in [0.05, 0.1) is 5.69 Å². The van der Waals surface area contributed by atoms with Crippen LogP contribution in [0.15, 0.2) is 66.9 Å². The molecular formula is C30H27N. The summed E-state index contributed by atoms with van der Waals surface area (Å²) in [5.41, 5.74) is 8.37. The third-order valence-electron chi connectivity index (χ3n) is 6.70. The van der Waals surface area contributed by atoms with Crippen LogP contribution in [0.5, 0.6) is 0 Å². The third kappa shape index (κ3) is 2.87. The predicted molar refractivity (Wildman–Crippen MR) is 133 cm³/mol. The van der Waals surface area contributed by atoms with Crippen LogP contribution in [0.3, 0.4) is 0 Å². The van der Waals surface area contributed by atoms with Crippen molar-refractivity contribution in [1.82, 2.24) is 4.98 Å². The average molecular weight is 402 g/mol. The maximum absolute atomic E-state index is 4.95. The minimum atomic E-state index is 0.220. The van der Waals surface area contributed by atoms with Crippen LogP contribution in [0, 0.1) is 12.3 Å². The summed E-state index contributed by atoms with van der Waals surface area (Å²) >= 11 is 0. The Hall–Kier alpha value is -3.19. The summed E-state index contributed by atoms with van der Waals surface area (Å²) in [6.45, 7) is 9.20. The first-order chi connectivity index (χ1) is 14.9. The summed E-state index contributed by atoms with van der Waals surface area (Å²) in [6, 6.07) is 22.7. The molecule has 0 fully saturated rings. The highest BCUT2D eigenvalue weighted by Crippen LogP contribution is 2.45. The Morgan fingerprint density at radius 3 is 2.52 bits per heavy atom. The average Bonchev–Trinajstić information content (AvgIpc) is 2.73. The van der Waals surface area contributed by atoms with Gasteiger partial charge in [-0.05, 0) is 80.9 Å². The van der Waals surface area contributed by atoms with Crippen molar-refractivity contribution in [3.8, 4) is 11.3 Å². The van der Waals surface area contributed by atoms with Crippen molar-refractivity contribution in [3.05, 3.63) is 89.1 Å². The van der Waals surface area contributed by atoms with Gasteiger partial charge in [-0.25, -0.2) is 0 Å². The second-order valence-corrected chi connectivity index (χ2v) is 10.4. The molecular weight excluding hydrogens is 374 g/mol. The Labute approximate surface area is 183 Å². The minimum Gasteiger partial charge on any atom is -0.256 e. The standard InChI is InChI=1S/C30H27N/c1-18-9-10-23-20(13-18)14-21-16-25-26(29-28(21)24(23)11-12-31-29)15-19-7-5-6-8-22(19)27(25)17-30(2,3)4/h5-15H,16-17H2,1-4H3. The Kier molecular flexibility index (Phi) is 3.84. The van der Waals surface area contributed by atoms with Gasteiger partial charge in [0.25, 0.3) is 0 Å². The molecule has 0 saturated heterocycles. The topological polar surface area (TPSA) is 12.9 Å². The van der Waals surface area contributed by atoms with Crippen molar-refractivity contribution < 1.29 is 0 Å². The molecule has 0 bridgehead atoms. The Morgan fingerprint density at radius 2 is 1.68 bits per heavy atom. The Bertz CT molecular complexity index is 1520. The van der Waals surface area contributed by atoms with Crippen molar-refractivity contribution >= 4 is 32.3 Å². The zero-order valence-electron chi connectivity index (χ0n) is 18.7. The molecule has 31 heavy (non-hydrogen) atoms. The van der Waals surface area contributed by atoms with Crippen LogP contribution in [0.2, 0.25) is 0 Å². The Morgan fingerprint density at radius 1 is 0.839 bits per heavy atom. The lowest BCUT2D eigenvalue weighted by Crippen LogP contribution is -2.14. The van der Waals surface area contributed by atoms with E-state index in [4.69, 9.17) is 4.98 Å². The van der Waals surface area contributed by atoms with Crippen LogP contribution in [0.4, 0.5) is 0 Å². The minimum absolute atomic E-state index is 0.220. The monoisotopic (exact) mass is 401 g/mol. The van der Waals surface area contributed by atoms with Gasteiger partial charge in [-0.3, -0.25) is 4.98 Å². The van der Waals surface area contributed by atoms with Crippen LogP contribution in [-0.2, 0) is 12.8 Å². The van der Waals surface area contributed by atoms with E-state index in [2.05, 4.69) is 88.4 Å². The van der Waals surface area contributed by atoms with E-state index in [0.717, 1.165) is 18.5 Å². The Balaban J connectivity index is 1.75. The van der Waals surface area contributed by atoms with E-state index in [1.165, 1.54) is 60.1 Å². The summed E-state index contributed by atoms with van der Waals surface area (Å²) < 4.78 is 0. The summed E-state index contributed by atoms with van der Waals surface area (Å²) in [4.78, 5) is 4.95. The molecule has 0 spiro atoms. The number of rotatable bonds is 1. The van der Waals surface area contributed by atoms with Crippen LogP contribution < -0.4 is 0 Å². The zero-order valence-corrected chi connectivity index (χ0v) is 18.7. The third-order valence-corrected chi connectivity index (χ3v) is 6.70. The van der Waals surface area contributed by atoms with Crippen molar-refractivity contribution in [1.29, 1.82) is 0 Å². The van der Waals surface area contributed by atoms with Gasteiger partial charge in [0, 0.05) is 17.1 Å². The van der Waals surface area contributed by atoms with E-state index in [1.807, 2.05) is 6.20 Å². The second kappa shape index (κ2) is 6.40. The van der Waals surface area contributed by atoms with Gasteiger partial charge < -0.3 is 0 Å². The van der Waals surface area contributed by atoms with E-state index in [1.54, 1.807) is 0 Å². The van der Waals surface area contributed by atoms with Crippen molar-refractivity contribution in [2.75, 3.05) is 0 Å². The highest BCUT2D eigenvalue weighted by atomic mass is 14.7. The molecule has 5 aromatic rings. The number of fused-ring (bicyclic) bond motifs is 5. The molecule has 0 aliphatic heterocycles. The molecule has 1 aliphatic rings. The first-order valence-corrected chi connectivity index (χ1v) is 11.2. The smallest absolute Gasteiger partial charge is 0.0786 e. The van der Waals surface area contributed by atoms with Crippen molar-refractivity contribution in [3.63, 3.8) is 0 Å². The van der Waals surface area contributed by atoms with E-state index in [-0.39, 0.29) is 5.41 Å². The number of nitrogens with zero attached hydrogens (tertiary/aromatic N) is 1. The van der Waals surface area contributed by atoms with Gasteiger partial charge in [0.1, 0.15) is 0 Å². The molecule has 1 aliphatic carbocycles. The van der Waals surface area contributed by atoms with Crippen LogP contribution in [0.1, 0.15) is 43.0 Å². The SMILES string of the molecule is Cc1ccc2c(c1)cc1c3c(nccc32)-c2cc3ccccc3c(CC(C)(C)C)c2C1. The number of pyridine rings is 1. The van der Waals surface area contributed by atoms with E-state index >= 15 is 0 Å². The molecule has 152 valence electrons. The van der Waals surface area contributed by atoms with Crippen molar-refractivity contribution in [2.45, 2.75) is 40.5 Å².